The fourth-order valence-corrected chi connectivity index (χ4v) is 3.10. The number of nitrogens with zero attached hydrogens (tertiary/aromatic N) is 4. The molecule has 32 heavy (non-hydrogen) atoms. The van der Waals surface area contributed by atoms with E-state index in [0.717, 1.165) is 17.0 Å². The number of para-hydroxylation sites is 1. The van der Waals surface area contributed by atoms with Crippen LogP contribution >= 0.6 is 0 Å². The van der Waals surface area contributed by atoms with Crippen molar-refractivity contribution in [2.45, 2.75) is 26.0 Å². The zero-order chi connectivity index (χ0) is 22.7. The molecular formula is C23H22FN5O3. The van der Waals surface area contributed by atoms with Gasteiger partial charge in [-0.15, -0.1) is 5.10 Å². The molecule has 0 radical (unpaired) electrons. The Morgan fingerprint density at radius 1 is 1.12 bits per heavy atom. The number of rotatable bonds is 7. The van der Waals surface area contributed by atoms with Crippen LogP contribution in [0.1, 0.15) is 25.7 Å². The molecule has 0 saturated carbocycles. The maximum Gasteiger partial charge on any atom is 0.261 e. The van der Waals surface area contributed by atoms with Crippen LogP contribution in [0.15, 0.2) is 60.9 Å². The summed E-state index contributed by atoms with van der Waals surface area (Å²) in [6.07, 6.45) is 0.679. The highest BCUT2D eigenvalue weighted by Crippen LogP contribution is 2.22. The van der Waals surface area contributed by atoms with Gasteiger partial charge in [-0.1, -0.05) is 12.1 Å². The van der Waals surface area contributed by atoms with E-state index in [4.69, 9.17) is 9.47 Å². The Labute approximate surface area is 184 Å². The number of carbonyl (C=O) groups is 1. The second-order valence-corrected chi connectivity index (χ2v) is 7.20. The summed E-state index contributed by atoms with van der Waals surface area (Å²) in [5.74, 6) is 0.271. The largest absolute Gasteiger partial charge is 0.497 e. The average molecular weight is 435 g/mol. The standard InChI is InChI=1S/C23H22FN5O3/c1-14(26-23(30)15(2)32-20-7-5-4-6-18(20)24)22-27-21-12-19(25-13-29(21)28-22)16-8-10-17(31-3)11-9-16/h4-15H,1-3H3,(H,26,30)/t14-,15-/m1/s1. The van der Waals surface area contributed by atoms with Crippen molar-refractivity contribution < 1.29 is 18.7 Å². The molecule has 0 aliphatic rings. The first kappa shape index (κ1) is 21.2. The molecule has 4 aromatic rings. The molecule has 164 valence electrons. The summed E-state index contributed by atoms with van der Waals surface area (Å²) >= 11 is 0. The van der Waals surface area contributed by atoms with Crippen LogP contribution in [0.4, 0.5) is 4.39 Å². The van der Waals surface area contributed by atoms with Gasteiger partial charge in [0.1, 0.15) is 12.1 Å². The summed E-state index contributed by atoms with van der Waals surface area (Å²) in [4.78, 5) is 21.4. The van der Waals surface area contributed by atoms with Gasteiger partial charge in [0.05, 0.1) is 18.8 Å². The van der Waals surface area contributed by atoms with E-state index in [0.29, 0.717) is 11.5 Å². The van der Waals surface area contributed by atoms with Crippen LogP contribution in [-0.4, -0.2) is 38.7 Å². The molecule has 0 spiro atoms. The van der Waals surface area contributed by atoms with Crippen LogP contribution in [0.2, 0.25) is 0 Å². The number of halogens is 1. The van der Waals surface area contributed by atoms with Crippen molar-refractivity contribution in [2.75, 3.05) is 7.11 Å². The first-order chi connectivity index (χ1) is 15.4. The van der Waals surface area contributed by atoms with Gasteiger partial charge in [0.25, 0.3) is 5.91 Å². The summed E-state index contributed by atoms with van der Waals surface area (Å²) in [6, 6.07) is 14.8. The lowest BCUT2D eigenvalue weighted by Crippen LogP contribution is -2.38. The smallest absolute Gasteiger partial charge is 0.261 e. The van der Waals surface area contributed by atoms with E-state index in [1.165, 1.54) is 12.1 Å². The molecule has 4 rings (SSSR count). The zero-order valence-electron chi connectivity index (χ0n) is 17.8. The van der Waals surface area contributed by atoms with E-state index in [9.17, 15) is 9.18 Å². The lowest BCUT2D eigenvalue weighted by atomic mass is 10.1. The summed E-state index contributed by atoms with van der Waals surface area (Å²) in [5, 5.41) is 7.19. The molecule has 0 unspecified atom stereocenters. The number of benzene rings is 2. The second-order valence-electron chi connectivity index (χ2n) is 7.20. The molecule has 2 aromatic heterocycles. The van der Waals surface area contributed by atoms with E-state index >= 15 is 0 Å². The zero-order valence-corrected chi connectivity index (χ0v) is 17.8. The van der Waals surface area contributed by atoms with Gasteiger partial charge in [-0.3, -0.25) is 4.79 Å². The third-order valence-corrected chi connectivity index (χ3v) is 4.89. The van der Waals surface area contributed by atoms with Gasteiger partial charge in [0, 0.05) is 11.6 Å². The fourth-order valence-electron chi connectivity index (χ4n) is 3.10. The van der Waals surface area contributed by atoms with Crippen molar-refractivity contribution in [3.8, 4) is 22.8 Å². The Hall–Kier alpha value is -4.01. The minimum atomic E-state index is -0.894. The van der Waals surface area contributed by atoms with Crippen LogP contribution in [0.3, 0.4) is 0 Å². The Balaban J connectivity index is 1.46. The third kappa shape index (κ3) is 4.51. The molecule has 2 heterocycles. The molecule has 8 nitrogen and oxygen atoms in total. The summed E-state index contributed by atoms with van der Waals surface area (Å²) in [5.41, 5.74) is 2.25. The monoisotopic (exact) mass is 435 g/mol. The van der Waals surface area contributed by atoms with E-state index in [-0.39, 0.29) is 5.75 Å². The molecule has 9 heteroatoms. The molecule has 0 aliphatic carbocycles. The van der Waals surface area contributed by atoms with Crippen LogP contribution in [0, 0.1) is 5.82 Å². The minimum absolute atomic E-state index is 0.0193. The van der Waals surface area contributed by atoms with Gasteiger partial charge in [0.2, 0.25) is 0 Å². The molecule has 0 saturated heterocycles. The van der Waals surface area contributed by atoms with Gasteiger partial charge in [-0.25, -0.2) is 18.9 Å². The summed E-state index contributed by atoms with van der Waals surface area (Å²) < 4.78 is 25.9. The Bertz CT molecular complexity index is 1240. The molecule has 2 aromatic carbocycles. The highest BCUT2D eigenvalue weighted by molar-refractivity contribution is 5.81. The quantitative estimate of drug-likeness (QED) is 0.477. The first-order valence-corrected chi connectivity index (χ1v) is 10.0. The van der Waals surface area contributed by atoms with E-state index in [1.807, 2.05) is 30.3 Å². The van der Waals surface area contributed by atoms with Crippen molar-refractivity contribution in [1.82, 2.24) is 24.9 Å². The van der Waals surface area contributed by atoms with Crippen molar-refractivity contribution in [2.24, 2.45) is 0 Å². The van der Waals surface area contributed by atoms with Crippen LogP contribution in [0.25, 0.3) is 16.9 Å². The van der Waals surface area contributed by atoms with Gasteiger partial charge >= 0.3 is 0 Å². The van der Waals surface area contributed by atoms with Crippen LogP contribution in [0.5, 0.6) is 11.5 Å². The maximum absolute atomic E-state index is 13.8. The molecule has 0 aliphatic heterocycles. The van der Waals surface area contributed by atoms with Crippen molar-refractivity contribution in [1.29, 1.82) is 0 Å². The number of hydrogen-bond donors (Lipinski definition) is 1. The van der Waals surface area contributed by atoms with Crippen molar-refractivity contribution >= 4 is 11.6 Å². The molecule has 1 N–H and O–H groups in total. The van der Waals surface area contributed by atoms with Gasteiger partial charge in [-0.2, -0.15) is 0 Å². The molecule has 0 fully saturated rings. The van der Waals surface area contributed by atoms with Gasteiger partial charge in [0.15, 0.2) is 29.1 Å². The summed E-state index contributed by atoms with van der Waals surface area (Å²) in [6.45, 7) is 3.32. The van der Waals surface area contributed by atoms with E-state index in [2.05, 4.69) is 20.4 Å². The van der Waals surface area contributed by atoms with Crippen molar-refractivity contribution in [3.05, 3.63) is 72.6 Å². The summed E-state index contributed by atoms with van der Waals surface area (Å²) in [7, 11) is 1.61. The fraction of sp³-hybridized carbons (Fsp3) is 0.217. The number of fused-ring (bicyclic) bond motifs is 1. The predicted molar refractivity (Wildman–Crippen MR) is 116 cm³/mol. The Kier molecular flexibility index (Phi) is 5.98. The molecule has 0 bridgehead atoms. The number of hydrogen-bond acceptors (Lipinski definition) is 6. The van der Waals surface area contributed by atoms with Gasteiger partial charge < -0.3 is 14.8 Å². The van der Waals surface area contributed by atoms with Crippen LogP contribution in [-0.2, 0) is 4.79 Å². The lowest BCUT2D eigenvalue weighted by molar-refractivity contribution is -0.128. The topological polar surface area (TPSA) is 90.6 Å². The SMILES string of the molecule is COc1ccc(-c2cc3nc([C@@H](C)NC(=O)[C@@H](C)Oc4ccccc4F)nn3cn2)cc1. The van der Waals surface area contributed by atoms with Gasteiger partial charge in [-0.05, 0) is 50.2 Å². The highest BCUT2D eigenvalue weighted by Gasteiger charge is 2.21. The minimum Gasteiger partial charge on any atom is -0.497 e. The number of amides is 1. The van der Waals surface area contributed by atoms with E-state index in [1.54, 1.807) is 43.9 Å². The second kappa shape index (κ2) is 9.01. The van der Waals surface area contributed by atoms with Crippen LogP contribution < -0.4 is 14.8 Å². The average Bonchev–Trinajstić information content (AvgIpc) is 3.24. The first-order valence-electron chi connectivity index (χ1n) is 10.0. The Morgan fingerprint density at radius 3 is 2.59 bits per heavy atom. The predicted octanol–water partition coefficient (Wildman–Crippen LogP) is 3.58. The van der Waals surface area contributed by atoms with E-state index < -0.39 is 23.9 Å². The highest BCUT2D eigenvalue weighted by atomic mass is 19.1. The molecule has 2 atom stereocenters. The number of ether oxygens (including phenoxy) is 2. The third-order valence-electron chi connectivity index (χ3n) is 4.89. The normalized spacial score (nSPS) is 12.9. The van der Waals surface area contributed by atoms with Crippen molar-refractivity contribution in [3.63, 3.8) is 0 Å². The molecule has 1 amide bonds. The lowest BCUT2D eigenvalue weighted by Gasteiger charge is -2.17. The maximum atomic E-state index is 13.8. The Morgan fingerprint density at radius 2 is 1.88 bits per heavy atom. The number of carbonyl (C=O) groups excluding carboxylic acids is 1. The number of nitrogens with one attached hydrogen (secondary N) is 1. The number of aromatic nitrogens is 4. The number of methoxy groups -OCH3 is 1. The molecular weight excluding hydrogens is 413 g/mol.